The van der Waals surface area contributed by atoms with Gasteiger partial charge in [-0.2, -0.15) is 0 Å². The minimum Gasteiger partial charge on any atom is -0.494 e. The summed E-state index contributed by atoms with van der Waals surface area (Å²) >= 11 is 0. The Morgan fingerprint density at radius 1 is 1.27 bits per heavy atom. The molecule has 1 unspecified atom stereocenters. The van der Waals surface area contributed by atoms with Crippen LogP contribution in [0.3, 0.4) is 0 Å². The zero-order valence-corrected chi connectivity index (χ0v) is 19.7. The van der Waals surface area contributed by atoms with E-state index < -0.39 is 0 Å². The molecule has 2 aliphatic heterocycles. The Kier molecular flexibility index (Phi) is 6.28. The largest absolute Gasteiger partial charge is 0.494 e. The van der Waals surface area contributed by atoms with Crippen molar-refractivity contribution < 1.29 is 9.47 Å². The molecule has 1 N–H and O–H groups in total. The van der Waals surface area contributed by atoms with Gasteiger partial charge in [0.1, 0.15) is 5.75 Å². The fourth-order valence-corrected chi connectivity index (χ4v) is 4.70. The van der Waals surface area contributed by atoms with Crippen LogP contribution in [0.15, 0.2) is 30.7 Å². The number of nitrogens with one attached hydrogen (secondary N) is 1. The molecule has 8 heteroatoms. The quantitative estimate of drug-likeness (QED) is 0.589. The molecular weight excluding hydrogens is 416 g/mol. The van der Waals surface area contributed by atoms with Crippen LogP contribution in [0.1, 0.15) is 41.9 Å². The zero-order chi connectivity index (χ0) is 22.8. The third kappa shape index (κ3) is 4.86. The van der Waals surface area contributed by atoms with Crippen molar-refractivity contribution in [2.45, 2.75) is 51.7 Å². The molecule has 1 saturated heterocycles. The standard InChI is InChI=1S/C25H32N6O2/c1-17-14-31(16-26-17)23-9-6-18(13-24(23)32-3)27-25-28-21(8-7-19-5-4-12-33-19)20-15-30(2)11-10-22(20)29-25/h6,9,13-14,16,19H,4-5,7-8,10-12,15H2,1-3H3,(H,27,28,29). The van der Waals surface area contributed by atoms with Crippen LogP contribution in [0, 0.1) is 6.92 Å². The molecule has 33 heavy (non-hydrogen) atoms. The maximum Gasteiger partial charge on any atom is 0.227 e. The summed E-state index contributed by atoms with van der Waals surface area (Å²) in [6.45, 7) is 4.78. The Morgan fingerprint density at radius 2 is 2.18 bits per heavy atom. The van der Waals surface area contributed by atoms with E-state index >= 15 is 0 Å². The summed E-state index contributed by atoms with van der Waals surface area (Å²) in [5.74, 6) is 1.41. The van der Waals surface area contributed by atoms with Crippen molar-refractivity contribution in [3.05, 3.63) is 53.4 Å². The van der Waals surface area contributed by atoms with E-state index in [2.05, 4.69) is 22.2 Å². The zero-order valence-electron chi connectivity index (χ0n) is 19.7. The molecule has 0 bridgehead atoms. The van der Waals surface area contributed by atoms with Crippen molar-refractivity contribution in [2.75, 3.05) is 32.6 Å². The first-order valence-corrected chi connectivity index (χ1v) is 11.7. The average Bonchev–Trinajstić information content (AvgIpc) is 3.49. The van der Waals surface area contributed by atoms with E-state index in [9.17, 15) is 0 Å². The van der Waals surface area contributed by atoms with Crippen molar-refractivity contribution in [2.24, 2.45) is 0 Å². The van der Waals surface area contributed by atoms with E-state index in [0.717, 1.165) is 79.6 Å². The lowest BCUT2D eigenvalue weighted by molar-refractivity contribution is 0.104. The summed E-state index contributed by atoms with van der Waals surface area (Å²) < 4.78 is 13.5. The van der Waals surface area contributed by atoms with Crippen LogP contribution in [0.2, 0.25) is 0 Å². The van der Waals surface area contributed by atoms with Crippen molar-refractivity contribution in [1.82, 2.24) is 24.4 Å². The Hall–Kier alpha value is -2.97. The van der Waals surface area contributed by atoms with Gasteiger partial charge >= 0.3 is 0 Å². The molecule has 4 heterocycles. The minimum absolute atomic E-state index is 0.358. The molecule has 1 aromatic carbocycles. The fourth-order valence-electron chi connectivity index (χ4n) is 4.70. The molecule has 0 spiro atoms. The summed E-state index contributed by atoms with van der Waals surface area (Å²) in [6, 6.07) is 6.02. The van der Waals surface area contributed by atoms with Gasteiger partial charge in [0, 0.05) is 49.6 Å². The molecule has 3 aromatic rings. The van der Waals surface area contributed by atoms with Gasteiger partial charge in [0.05, 0.1) is 42.3 Å². The number of methoxy groups -OCH3 is 1. The van der Waals surface area contributed by atoms with Gasteiger partial charge in [0.15, 0.2) is 0 Å². The normalized spacial score (nSPS) is 18.3. The molecule has 0 amide bonds. The molecule has 1 atom stereocenters. The van der Waals surface area contributed by atoms with E-state index in [1.165, 1.54) is 12.0 Å². The van der Waals surface area contributed by atoms with Crippen LogP contribution < -0.4 is 10.1 Å². The smallest absolute Gasteiger partial charge is 0.227 e. The molecular formula is C25H32N6O2. The maximum absolute atomic E-state index is 5.85. The Morgan fingerprint density at radius 3 is 2.94 bits per heavy atom. The number of anilines is 2. The lowest BCUT2D eigenvalue weighted by Gasteiger charge is -2.26. The van der Waals surface area contributed by atoms with Crippen molar-refractivity contribution in [1.29, 1.82) is 0 Å². The molecule has 174 valence electrons. The monoisotopic (exact) mass is 448 g/mol. The summed E-state index contributed by atoms with van der Waals surface area (Å²) in [5, 5.41) is 3.42. The lowest BCUT2D eigenvalue weighted by atomic mass is 10.00. The molecule has 0 aliphatic carbocycles. The van der Waals surface area contributed by atoms with Crippen molar-refractivity contribution in [3.63, 3.8) is 0 Å². The van der Waals surface area contributed by atoms with Crippen LogP contribution in [-0.2, 0) is 24.1 Å². The van der Waals surface area contributed by atoms with Crippen LogP contribution >= 0.6 is 0 Å². The Bertz CT molecular complexity index is 1120. The topological polar surface area (TPSA) is 77.3 Å². The minimum atomic E-state index is 0.358. The van der Waals surface area contributed by atoms with Crippen LogP contribution in [0.5, 0.6) is 5.75 Å². The Balaban J connectivity index is 1.41. The molecule has 2 aromatic heterocycles. The second-order valence-electron chi connectivity index (χ2n) is 9.01. The number of ether oxygens (including phenoxy) is 2. The lowest BCUT2D eigenvalue weighted by Crippen LogP contribution is -2.29. The number of hydrogen-bond acceptors (Lipinski definition) is 7. The predicted molar refractivity (Wildman–Crippen MR) is 128 cm³/mol. The Labute approximate surface area is 195 Å². The highest BCUT2D eigenvalue weighted by Gasteiger charge is 2.23. The average molecular weight is 449 g/mol. The highest BCUT2D eigenvalue weighted by molar-refractivity contribution is 5.62. The summed E-state index contributed by atoms with van der Waals surface area (Å²) in [5.41, 5.74) is 6.38. The number of likely N-dealkylation sites (N-methyl/N-ethyl adjacent to an activating group) is 1. The fraction of sp³-hybridized carbons (Fsp3) is 0.480. The number of nitrogens with zero attached hydrogens (tertiary/aromatic N) is 5. The summed E-state index contributed by atoms with van der Waals surface area (Å²) in [4.78, 5) is 16.5. The molecule has 0 saturated carbocycles. The molecule has 0 radical (unpaired) electrons. The molecule has 8 nitrogen and oxygen atoms in total. The number of hydrogen-bond donors (Lipinski definition) is 1. The highest BCUT2D eigenvalue weighted by atomic mass is 16.5. The maximum atomic E-state index is 5.85. The van der Waals surface area contributed by atoms with Gasteiger partial charge in [-0.1, -0.05) is 0 Å². The first-order valence-electron chi connectivity index (χ1n) is 11.7. The number of rotatable bonds is 7. The van der Waals surface area contributed by atoms with E-state index in [-0.39, 0.29) is 0 Å². The number of fused-ring (bicyclic) bond motifs is 1. The third-order valence-electron chi connectivity index (χ3n) is 6.49. The van der Waals surface area contributed by atoms with Crippen molar-refractivity contribution >= 4 is 11.6 Å². The van der Waals surface area contributed by atoms with Gasteiger partial charge in [0.25, 0.3) is 0 Å². The van der Waals surface area contributed by atoms with E-state index in [1.54, 1.807) is 13.4 Å². The summed E-state index contributed by atoms with van der Waals surface area (Å²) in [6.07, 6.45) is 9.33. The highest BCUT2D eigenvalue weighted by Crippen LogP contribution is 2.29. The predicted octanol–water partition coefficient (Wildman–Crippen LogP) is 3.82. The number of benzene rings is 1. The van der Waals surface area contributed by atoms with Gasteiger partial charge in [-0.3, -0.25) is 0 Å². The number of aromatic nitrogens is 4. The molecule has 2 aliphatic rings. The van der Waals surface area contributed by atoms with Crippen molar-refractivity contribution in [3.8, 4) is 11.4 Å². The summed E-state index contributed by atoms with van der Waals surface area (Å²) in [7, 11) is 3.84. The SMILES string of the molecule is COc1cc(Nc2nc(CCC3CCCO3)c3c(n2)CCN(C)C3)ccc1-n1cnc(C)c1. The van der Waals surface area contributed by atoms with Gasteiger partial charge in [0.2, 0.25) is 5.95 Å². The third-order valence-corrected chi connectivity index (χ3v) is 6.49. The van der Waals surface area contributed by atoms with Crippen LogP contribution in [0.25, 0.3) is 5.69 Å². The van der Waals surface area contributed by atoms with E-state index in [4.69, 9.17) is 19.4 Å². The van der Waals surface area contributed by atoms with Gasteiger partial charge in [-0.15, -0.1) is 0 Å². The van der Waals surface area contributed by atoms with E-state index in [0.29, 0.717) is 12.1 Å². The van der Waals surface area contributed by atoms with Gasteiger partial charge in [-0.05, 0) is 51.8 Å². The molecule has 1 fully saturated rings. The van der Waals surface area contributed by atoms with Crippen LogP contribution in [-0.4, -0.2) is 57.8 Å². The number of aryl methyl sites for hydroxylation is 2. The number of imidazole rings is 1. The second-order valence-corrected chi connectivity index (χ2v) is 9.01. The molecule has 5 rings (SSSR count). The second kappa shape index (κ2) is 9.49. The first kappa shape index (κ1) is 21.9. The first-order chi connectivity index (χ1) is 16.1. The van der Waals surface area contributed by atoms with Crippen LogP contribution in [0.4, 0.5) is 11.6 Å². The van der Waals surface area contributed by atoms with Gasteiger partial charge < -0.3 is 24.3 Å². The van der Waals surface area contributed by atoms with Gasteiger partial charge in [-0.25, -0.2) is 15.0 Å². The van der Waals surface area contributed by atoms with E-state index in [1.807, 2.05) is 35.9 Å².